The van der Waals surface area contributed by atoms with Gasteiger partial charge in [0.05, 0.1) is 24.6 Å². The number of carbonyl (C=O) groups excluding carboxylic acids is 1. The molecule has 0 aliphatic rings. The number of halogens is 2. The number of nitrogens with two attached hydrogens (primary N) is 1. The molecule has 8 heteroatoms. The summed E-state index contributed by atoms with van der Waals surface area (Å²) in [5.41, 5.74) is 6.48. The molecule has 3 N–H and O–H groups in total. The highest BCUT2D eigenvalue weighted by Gasteiger charge is 2.16. The monoisotopic (exact) mass is 400 g/mol. The maximum atomic E-state index is 12.2. The zero-order chi connectivity index (χ0) is 14.7. The smallest absolute Gasteiger partial charge is 0.260 e. The Hall–Kier alpha value is -1.67. The Kier molecular flexibility index (Phi) is 4.56. The minimum absolute atomic E-state index is 0.308. The Morgan fingerprint density at radius 1 is 1.40 bits per heavy atom. The molecule has 0 saturated heterocycles. The van der Waals surface area contributed by atoms with E-state index in [1.54, 1.807) is 18.2 Å². The SMILES string of the molecule is COc1c(N)cccc1C(=O)Nc1ncc(Br)nc1Br. The molecule has 0 saturated carbocycles. The molecule has 1 aromatic carbocycles. The molecular formula is C12H10Br2N4O2. The minimum atomic E-state index is -0.383. The lowest BCUT2D eigenvalue weighted by Gasteiger charge is -2.11. The van der Waals surface area contributed by atoms with Crippen LogP contribution in [0.4, 0.5) is 11.5 Å². The standard InChI is InChI=1S/C12H10Br2N4O2/c1-20-9-6(3-2-4-7(9)15)12(19)18-11-10(14)17-8(13)5-16-11/h2-5H,15H2,1H3,(H,16,18,19). The minimum Gasteiger partial charge on any atom is -0.494 e. The predicted octanol–water partition coefficient (Wildman–Crippen LogP) is 2.84. The van der Waals surface area contributed by atoms with Crippen molar-refractivity contribution in [2.24, 2.45) is 0 Å². The van der Waals surface area contributed by atoms with E-state index in [0.717, 1.165) is 0 Å². The number of nitrogens with zero attached hydrogens (tertiary/aromatic N) is 2. The largest absolute Gasteiger partial charge is 0.494 e. The van der Waals surface area contributed by atoms with E-state index >= 15 is 0 Å². The average Bonchev–Trinajstić information content (AvgIpc) is 2.41. The maximum Gasteiger partial charge on any atom is 0.260 e. The summed E-state index contributed by atoms with van der Waals surface area (Å²) in [7, 11) is 1.46. The third-order valence-electron chi connectivity index (χ3n) is 2.43. The van der Waals surface area contributed by atoms with E-state index in [0.29, 0.717) is 32.0 Å². The van der Waals surface area contributed by atoms with Gasteiger partial charge in [0.25, 0.3) is 5.91 Å². The van der Waals surface area contributed by atoms with Crippen LogP contribution < -0.4 is 15.8 Å². The van der Waals surface area contributed by atoms with E-state index in [1.165, 1.54) is 13.3 Å². The van der Waals surface area contributed by atoms with Crippen LogP contribution >= 0.6 is 31.9 Å². The number of amides is 1. The molecule has 2 aromatic rings. The number of benzene rings is 1. The van der Waals surface area contributed by atoms with Gasteiger partial charge in [-0.05, 0) is 44.0 Å². The number of hydrogen-bond acceptors (Lipinski definition) is 5. The highest BCUT2D eigenvalue weighted by Crippen LogP contribution is 2.27. The second-order valence-electron chi connectivity index (χ2n) is 3.71. The van der Waals surface area contributed by atoms with Crippen molar-refractivity contribution in [3.05, 3.63) is 39.2 Å². The van der Waals surface area contributed by atoms with Crippen molar-refractivity contribution < 1.29 is 9.53 Å². The van der Waals surface area contributed by atoms with Crippen LogP contribution in [-0.2, 0) is 0 Å². The second-order valence-corrected chi connectivity index (χ2v) is 5.28. The van der Waals surface area contributed by atoms with Crippen LogP contribution in [0.5, 0.6) is 5.75 Å². The lowest BCUT2D eigenvalue weighted by molar-refractivity contribution is 0.102. The number of anilines is 2. The van der Waals surface area contributed by atoms with Crippen molar-refractivity contribution in [2.75, 3.05) is 18.2 Å². The van der Waals surface area contributed by atoms with Gasteiger partial charge < -0.3 is 15.8 Å². The molecule has 0 atom stereocenters. The summed E-state index contributed by atoms with van der Waals surface area (Å²) in [4.78, 5) is 20.4. The molecule has 0 unspecified atom stereocenters. The van der Waals surface area contributed by atoms with Crippen LogP contribution in [0.15, 0.2) is 33.6 Å². The number of ether oxygens (including phenoxy) is 1. The first-order valence-corrected chi connectivity index (χ1v) is 7.03. The van der Waals surface area contributed by atoms with Gasteiger partial charge in [-0.15, -0.1) is 0 Å². The number of nitrogens with one attached hydrogen (secondary N) is 1. The Balaban J connectivity index is 2.31. The molecule has 20 heavy (non-hydrogen) atoms. The number of rotatable bonds is 3. The van der Waals surface area contributed by atoms with Crippen LogP contribution in [0.3, 0.4) is 0 Å². The molecule has 104 valence electrons. The van der Waals surface area contributed by atoms with Gasteiger partial charge in [0.15, 0.2) is 11.6 Å². The molecule has 0 bridgehead atoms. The van der Waals surface area contributed by atoms with Gasteiger partial charge in [-0.3, -0.25) is 4.79 Å². The summed E-state index contributed by atoms with van der Waals surface area (Å²) in [6, 6.07) is 4.95. The highest BCUT2D eigenvalue weighted by atomic mass is 79.9. The Morgan fingerprint density at radius 2 is 2.15 bits per heavy atom. The molecule has 2 rings (SSSR count). The first kappa shape index (κ1) is 14.7. The first-order chi connectivity index (χ1) is 9.52. The molecule has 1 aromatic heterocycles. The number of para-hydroxylation sites is 1. The quantitative estimate of drug-likeness (QED) is 0.771. The van der Waals surface area contributed by atoms with Gasteiger partial charge in [-0.2, -0.15) is 0 Å². The third-order valence-corrected chi connectivity index (χ3v) is 3.36. The molecule has 0 aliphatic carbocycles. The summed E-state index contributed by atoms with van der Waals surface area (Å²) in [6.45, 7) is 0. The van der Waals surface area contributed by atoms with Crippen molar-refractivity contribution in [3.63, 3.8) is 0 Å². The normalized spacial score (nSPS) is 10.2. The van der Waals surface area contributed by atoms with E-state index in [2.05, 4.69) is 47.1 Å². The summed E-state index contributed by atoms with van der Waals surface area (Å²) in [5.74, 6) is 0.250. The summed E-state index contributed by atoms with van der Waals surface area (Å²) in [5, 5.41) is 2.64. The zero-order valence-corrected chi connectivity index (χ0v) is 13.5. The van der Waals surface area contributed by atoms with Crippen LogP contribution in [-0.4, -0.2) is 23.0 Å². The van der Waals surface area contributed by atoms with Crippen LogP contribution in [0.2, 0.25) is 0 Å². The molecule has 0 aliphatic heterocycles. The zero-order valence-electron chi connectivity index (χ0n) is 10.4. The fourth-order valence-electron chi connectivity index (χ4n) is 1.57. The van der Waals surface area contributed by atoms with Gasteiger partial charge in [0.1, 0.15) is 9.21 Å². The van der Waals surface area contributed by atoms with Gasteiger partial charge >= 0.3 is 0 Å². The Labute approximate surface area is 132 Å². The first-order valence-electron chi connectivity index (χ1n) is 5.44. The highest BCUT2D eigenvalue weighted by molar-refractivity contribution is 9.11. The number of aromatic nitrogens is 2. The average molecular weight is 402 g/mol. The summed E-state index contributed by atoms with van der Waals surface area (Å²) >= 11 is 6.41. The topological polar surface area (TPSA) is 90.1 Å². The predicted molar refractivity (Wildman–Crippen MR) is 82.8 cm³/mol. The van der Waals surface area contributed by atoms with Crippen molar-refractivity contribution in [1.82, 2.24) is 9.97 Å². The van der Waals surface area contributed by atoms with Gasteiger partial charge in [-0.1, -0.05) is 6.07 Å². The molecule has 1 heterocycles. The lowest BCUT2D eigenvalue weighted by Crippen LogP contribution is -2.15. The molecule has 0 fully saturated rings. The van der Waals surface area contributed by atoms with Gasteiger partial charge in [0.2, 0.25) is 0 Å². The van der Waals surface area contributed by atoms with E-state index in [9.17, 15) is 4.79 Å². The number of methoxy groups -OCH3 is 1. The van der Waals surface area contributed by atoms with Crippen molar-refractivity contribution in [2.45, 2.75) is 0 Å². The summed E-state index contributed by atoms with van der Waals surface area (Å²) in [6.07, 6.45) is 1.48. The van der Waals surface area contributed by atoms with E-state index < -0.39 is 0 Å². The molecule has 0 spiro atoms. The fraction of sp³-hybridized carbons (Fsp3) is 0.0833. The molecule has 6 nitrogen and oxygen atoms in total. The van der Waals surface area contributed by atoms with E-state index in [1.807, 2.05) is 0 Å². The Morgan fingerprint density at radius 3 is 2.80 bits per heavy atom. The maximum absolute atomic E-state index is 12.2. The number of nitrogen functional groups attached to an aromatic ring is 1. The Bertz CT molecular complexity index is 664. The second kappa shape index (κ2) is 6.19. The van der Waals surface area contributed by atoms with Crippen molar-refractivity contribution in [3.8, 4) is 5.75 Å². The lowest BCUT2D eigenvalue weighted by atomic mass is 10.1. The van der Waals surface area contributed by atoms with Crippen molar-refractivity contribution >= 4 is 49.3 Å². The van der Waals surface area contributed by atoms with Crippen LogP contribution in [0.1, 0.15) is 10.4 Å². The van der Waals surface area contributed by atoms with E-state index in [4.69, 9.17) is 10.5 Å². The number of carbonyl (C=O) groups is 1. The molecular weight excluding hydrogens is 392 g/mol. The fourth-order valence-corrected chi connectivity index (χ4v) is 2.48. The van der Waals surface area contributed by atoms with Gasteiger partial charge in [-0.25, -0.2) is 9.97 Å². The molecule has 0 radical (unpaired) electrons. The van der Waals surface area contributed by atoms with Crippen LogP contribution in [0.25, 0.3) is 0 Å². The van der Waals surface area contributed by atoms with E-state index in [-0.39, 0.29) is 5.91 Å². The summed E-state index contributed by atoms with van der Waals surface area (Å²) < 4.78 is 6.12. The van der Waals surface area contributed by atoms with Crippen molar-refractivity contribution in [1.29, 1.82) is 0 Å². The van der Waals surface area contributed by atoms with Crippen LogP contribution in [0, 0.1) is 0 Å². The third kappa shape index (κ3) is 3.07. The molecule has 1 amide bonds. The number of hydrogen-bond donors (Lipinski definition) is 2. The van der Waals surface area contributed by atoms with Gasteiger partial charge in [0, 0.05) is 0 Å².